The Morgan fingerprint density at radius 2 is 1.06 bits per heavy atom. The highest BCUT2D eigenvalue weighted by atomic mass is 32.2. The number of phenolic OH excluding ortho intramolecular Hbond substituents is 1. The van der Waals surface area contributed by atoms with Crippen molar-refractivity contribution in [2.75, 3.05) is 13.2 Å². The predicted octanol–water partition coefficient (Wildman–Crippen LogP) is 8.50. The fourth-order valence-corrected chi connectivity index (χ4v) is 11.6. The van der Waals surface area contributed by atoms with Crippen LogP contribution >= 0.6 is 94.1 Å². The van der Waals surface area contributed by atoms with E-state index in [0.29, 0.717) is 0 Å². The molecule has 4 heterocycles. The van der Waals surface area contributed by atoms with Gasteiger partial charge in [-0.25, -0.2) is 9.59 Å². The third-order valence-electron chi connectivity index (χ3n) is 4.27. The maximum atomic E-state index is 12.6. The van der Waals surface area contributed by atoms with E-state index < -0.39 is 11.9 Å². The van der Waals surface area contributed by atoms with Gasteiger partial charge in [0.05, 0.1) is 28.1 Å². The summed E-state index contributed by atoms with van der Waals surface area (Å²) in [5.74, 6) is -1.43. The van der Waals surface area contributed by atoms with Crippen LogP contribution in [-0.2, 0) is 9.47 Å². The molecule has 0 fully saturated rings. The summed E-state index contributed by atoms with van der Waals surface area (Å²) in [5, 5.41) is 22.2. The molecule has 0 saturated carbocycles. The number of carbonyl (C=O) groups is 2. The Morgan fingerprint density at radius 1 is 0.629 bits per heavy atom. The number of hydrogen-bond donors (Lipinski definition) is 1. The van der Waals surface area contributed by atoms with Crippen molar-refractivity contribution in [1.82, 2.24) is 0 Å². The molecule has 0 unspecified atom stereocenters. The van der Waals surface area contributed by atoms with Crippen LogP contribution in [0.1, 0.15) is 20.7 Å². The number of rotatable bonds is 6. The van der Waals surface area contributed by atoms with Crippen LogP contribution in [0.15, 0.2) is 77.4 Å². The van der Waals surface area contributed by atoms with E-state index in [-0.39, 0.29) is 30.1 Å². The lowest BCUT2D eigenvalue weighted by atomic mass is 10.1. The first-order valence-corrected chi connectivity index (χ1v) is 16.7. The smallest absolute Gasteiger partial charge is 0.338 e. The molecule has 0 aliphatic carbocycles. The number of esters is 2. The first kappa shape index (κ1) is 25.8. The summed E-state index contributed by atoms with van der Waals surface area (Å²) >= 11 is 13.1. The molecule has 0 saturated heterocycles. The highest BCUT2D eigenvalue weighted by Crippen LogP contribution is 2.54. The topological polar surface area (TPSA) is 72.8 Å². The van der Waals surface area contributed by atoms with Gasteiger partial charge in [-0.2, -0.15) is 0 Å². The number of thioether (sulfide) groups is 8. The van der Waals surface area contributed by atoms with Gasteiger partial charge in [0.1, 0.15) is 19.0 Å². The van der Waals surface area contributed by atoms with Crippen molar-refractivity contribution in [3.63, 3.8) is 0 Å². The van der Waals surface area contributed by atoms with Crippen molar-refractivity contribution in [1.29, 1.82) is 0 Å². The molecule has 1 aromatic rings. The van der Waals surface area contributed by atoms with Gasteiger partial charge in [-0.1, -0.05) is 94.1 Å². The standard InChI is InChI=1S/C22H14O5S8/c23-14-6-12(17(24)26-8-15-10-32-21(34-15)19-28-1-2-29-19)5-13(7-14)18(25)27-9-16-11-33-22(35-16)20-30-3-4-31-20/h1-7,10-11,23H,8-9H2. The second-order valence-electron chi connectivity index (χ2n) is 6.69. The summed E-state index contributed by atoms with van der Waals surface area (Å²) in [4.78, 5) is 27.1. The first-order valence-electron chi connectivity index (χ1n) is 9.76. The molecule has 0 radical (unpaired) electrons. The molecule has 1 N–H and O–H groups in total. The minimum absolute atomic E-state index is 0.0951. The molecule has 4 aliphatic heterocycles. The van der Waals surface area contributed by atoms with Crippen molar-refractivity contribution in [2.45, 2.75) is 0 Å². The number of benzene rings is 1. The number of phenols is 1. The Morgan fingerprint density at radius 3 is 1.49 bits per heavy atom. The van der Waals surface area contributed by atoms with Gasteiger partial charge in [-0.05, 0) is 50.6 Å². The molecule has 4 aliphatic rings. The summed E-state index contributed by atoms with van der Waals surface area (Å²) in [7, 11) is 0. The Labute approximate surface area is 235 Å². The molecule has 35 heavy (non-hydrogen) atoms. The Bertz CT molecular complexity index is 1150. The van der Waals surface area contributed by atoms with Crippen molar-refractivity contribution in [3.8, 4) is 5.75 Å². The maximum absolute atomic E-state index is 12.6. The maximum Gasteiger partial charge on any atom is 0.338 e. The molecule has 13 heteroatoms. The van der Waals surface area contributed by atoms with Crippen LogP contribution in [0.5, 0.6) is 5.75 Å². The molecule has 0 bridgehead atoms. The fraction of sp³-hybridized carbons (Fsp3) is 0.0909. The van der Waals surface area contributed by atoms with Crippen molar-refractivity contribution in [2.24, 2.45) is 0 Å². The van der Waals surface area contributed by atoms with Gasteiger partial charge in [0.15, 0.2) is 0 Å². The summed E-state index contributed by atoms with van der Waals surface area (Å²) < 4.78 is 15.7. The van der Waals surface area contributed by atoms with Gasteiger partial charge in [0, 0.05) is 9.81 Å². The molecule has 5 nitrogen and oxygen atoms in total. The second-order valence-corrected chi connectivity index (χ2v) is 15.4. The molecular formula is C22H14O5S8. The van der Waals surface area contributed by atoms with E-state index in [1.54, 1.807) is 94.1 Å². The minimum atomic E-state index is -0.615. The first-order chi connectivity index (χ1) is 17.0. The zero-order valence-corrected chi connectivity index (χ0v) is 24.0. The predicted molar refractivity (Wildman–Crippen MR) is 158 cm³/mol. The van der Waals surface area contributed by atoms with Gasteiger partial charge >= 0.3 is 11.9 Å². The van der Waals surface area contributed by atoms with Crippen LogP contribution in [0, 0.1) is 0 Å². The minimum Gasteiger partial charge on any atom is -0.508 e. The van der Waals surface area contributed by atoms with Gasteiger partial charge in [0.2, 0.25) is 0 Å². The number of carbonyl (C=O) groups excluding carboxylic acids is 2. The molecule has 0 amide bonds. The third-order valence-corrected chi connectivity index (χ3v) is 14.4. The lowest BCUT2D eigenvalue weighted by Crippen LogP contribution is -2.10. The van der Waals surface area contributed by atoms with Crippen LogP contribution in [-0.4, -0.2) is 30.3 Å². The summed E-state index contributed by atoms with van der Waals surface area (Å²) in [6, 6.07) is 3.95. The molecule has 0 atom stereocenters. The SMILES string of the molecule is O=C(OCC1=CSC(=C2SC=CS2)S1)c1cc(O)cc(C(=O)OCC2=CSC(=C3SC=CS3)S2)c1. The van der Waals surface area contributed by atoms with Crippen LogP contribution in [0.2, 0.25) is 0 Å². The quantitative estimate of drug-likeness (QED) is 0.312. The summed E-state index contributed by atoms with van der Waals surface area (Å²) in [6.07, 6.45) is 0. The number of aromatic hydroxyl groups is 1. The van der Waals surface area contributed by atoms with E-state index in [1.807, 2.05) is 32.4 Å². The van der Waals surface area contributed by atoms with Crippen LogP contribution < -0.4 is 0 Å². The molecule has 1 aromatic carbocycles. The van der Waals surface area contributed by atoms with Gasteiger partial charge < -0.3 is 14.6 Å². The van der Waals surface area contributed by atoms with E-state index in [2.05, 4.69) is 0 Å². The van der Waals surface area contributed by atoms with E-state index >= 15 is 0 Å². The Balaban J connectivity index is 1.14. The lowest BCUT2D eigenvalue weighted by Gasteiger charge is -2.09. The molecule has 0 aromatic heterocycles. The average molecular weight is 615 g/mol. The average Bonchev–Trinajstić information content (AvgIpc) is 3.67. The Kier molecular flexibility index (Phi) is 8.98. The number of ether oxygens (including phenoxy) is 2. The van der Waals surface area contributed by atoms with Crippen LogP contribution in [0.4, 0.5) is 0 Å². The summed E-state index contributed by atoms with van der Waals surface area (Å²) in [5.41, 5.74) is 0.190. The monoisotopic (exact) mass is 614 g/mol. The van der Waals surface area contributed by atoms with E-state index in [4.69, 9.17) is 9.47 Å². The highest BCUT2D eigenvalue weighted by Gasteiger charge is 2.22. The molecule has 0 spiro atoms. The van der Waals surface area contributed by atoms with Gasteiger partial charge in [-0.3, -0.25) is 0 Å². The fourth-order valence-electron chi connectivity index (χ4n) is 2.77. The second kappa shape index (κ2) is 12.2. The third kappa shape index (κ3) is 6.75. The highest BCUT2D eigenvalue weighted by molar-refractivity contribution is 8.34. The van der Waals surface area contributed by atoms with Crippen molar-refractivity contribution in [3.05, 3.63) is 88.5 Å². The number of hydrogen-bond acceptors (Lipinski definition) is 13. The van der Waals surface area contributed by atoms with E-state index in [9.17, 15) is 14.7 Å². The zero-order chi connectivity index (χ0) is 24.2. The molecule has 5 rings (SSSR count). The lowest BCUT2D eigenvalue weighted by molar-refractivity contribution is 0.0544. The normalized spacial score (nSPS) is 19.0. The zero-order valence-electron chi connectivity index (χ0n) is 17.5. The van der Waals surface area contributed by atoms with Gasteiger partial charge in [-0.15, -0.1) is 0 Å². The Hall–Kier alpha value is -0.800. The summed E-state index contributed by atoms with van der Waals surface area (Å²) in [6.45, 7) is 0.247. The molecule has 180 valence electrons. The van der Waals surface area contributed by atoms with E-state index in [0.717, 1.165) is 9.81 Å². The van der Waals surface area contributed by atoms with Crippen molar-refractivity contribution >= 4 is 106 Å². The largest absolute Gasteiger partial charge is 0.508 e. The van der Waals surface area contributed by atoms with Crippen LogP contribution in [0.3, 0.4) is 0 Å². The molecular weight excluding hydrogens is 601 g/mol. The van der Waals surface area contributed by atoms with Crippen molar-refractivity contribution < 1.29 is 24.2 Å². The van der Waals surface area contributed by atoms with Crippen LogP contribution in [0.25, 0.3) is 0 Å². The van der Waals surface area contributed by atoms with Gasteiger partial charge in [0.25, 0.3) is 0 Å². The van der Waals surface area contributed by atoms with E-state index in [1.165, 1.54) is 35.1 Å².